The van der Waals surface area contributed by atoms with E-state index in [1.54, 1.807) is 26.8 Å². The summed E-state index contributed by atoms with van der Waals surface area (Å²) in [4.78, 5) is 20.2. The van der Waals surface area contributed by atoms with Gasteiger partial charge < -0.3 is 10.0 Å². The SMILES string of the molecule is CC[C@@H](CO)N(Cc1cccs1)C(=O)c1cnc2ccccn12. The number of imidazole rings is 1. The van der Waals surface area contributed by atoms with Gasteiger partial charge in [-0.3, -0.25) is 9.20 Å². The Labute approximate surface area is 138 Å². The fourth-order valence-corrected chi connectivity index (χ4v) is 3.33. The molecule has 0 saturated heterocycles. The number of amides is 1. The molecule has 0 bridgehead atoms. The van der Waals surface area contributed by atoms with E-state index in [4.69, 9.17) is 0 Å². The summed E-state index contributed by atoms with van der Waals surface area (Å²) in [6.07, 6.45) is 4.13. The van der Waals surface area contributed by atoms with Crippen molar-refractivity contribution in [3.63, 3.8) is 0 Å². The molecule has 3 aromatic rings. The quantitative estimate of drug-likeness (QED) is 0.756. The molecule has 0 aromatic carbocycles. The maximum absolute atomic E-state index is 13.1. The van der Waals surface area contributed by atoms with Crippen molar-refractivity contribution >= 4 is 22.9 Å². The van der Waals surface area contributed by atoms with E-state index in [-0.39, 0.29) is 18.6 Å². The number of nitrogens with zero attached hydrogens (tertiary/aromatic N) is 3. The lowest BCUT2D eigenvalue weighted by atomic mass is 10.2. The molecule has 1 atom stereocenters. The Hall–Kier alpha value is -2.18. The van der Waals surface area contributed by atoms with Crippen molar-refractivity contribution in [2.24, 2.45) is 0 Å². The summed E-state index contributed by atoms with van der Waals surface area (Å²) in [5.41, 5.74) is 1.26. The minimum absolute atomic E-state index is 0.0512. The average Bonchev–Trinajstić information content (AvgIpc) is 3.23. The molecule has 1 amide bonds. The van der Waals surface area contributed by atoms with Crippen molar-refractivity contribution in [2.45, 2.75) is 25.9 Å². The van der Waals surface area contributed by atoms with E-state index in [0.717, 1.165) is 10.5 Å². The highest BCUT2D eigenvalue weighted by atomic mass is 32.1. The second kappa shape index (κ2) is 6.93. The number of rotatable bonds is 6. The van der Waals surface area contributed by atoms with E-state index in [0.29, 0.717) is 18.7 Å². The molecule has 0 fully saturated rings. The van der Waals surface area contributed by atoms with Crippen molar-refractivity contribution < 1.29 is 9.90 Å². The molecular formula is C17H19N3O2S. The number of aromatic nitrogens is 2. The minimum atomic E-state index is -0.209. The molecule has 0 saturated carbocycles. The Kier molecular flexibility index (Phi) is 4.73. The predicted octanol–water partition coefficient (Wildman–Crippen LogP) is 2.81. The molecule has 3 heterocycles. The first-order chi connectivity index (χ1) is 11.2. The zero-order chi connectivity index (χ0) is 16.2. The van der Waals surface area contributed by atoms with E-state index in [9.17, 15) is 9.90 Å². The standard InChI is InChI=1S/C17H19N3O2S/c1-2-13(12-21)20(11-14-6-5-9-23-14)17(22)15-10-18-16-7-3-4-8-19(15)16/h3-10,13,21H,2,11-12H2,1H3/t13-/m0/s1. The van der Waals surface area contributed by atoms with Gasteiger partial charge in [0.15, 0.2) is 0 Å². The van der Waals surface area contributed by atoms with Gasteiger partial charge in [0.2, 0.25) is 0 Å². The zero-order valence-electron chi connectivity index (χ0n) is 12.9. The first-order valence-electron chi connectivity index (χ1n) is 7.61. The van der Waals surface area contributed by atoms with E-state index in [1.807, 2.05) is 48.8 Å². The Balaban J connectivity index is 1.96. The molecule has 6 heteroatoms. The smallest absolute Gasteiger partial charge is 0.273 e. The third-order valence-corrected chi connectivity index (χ3v) is 4.79. The van der Waals surface area contributed by atoms with Crippen LogP contribution in [0.2, 0.25) is 0 Å². The molecule has 1 N–H and O–H groups in total. The molecule has 0 unspecified atom stereocenters. The van der Waals surface area contributed by atoms with Crippen LogP contribution in [-0.2, 0) is 6.54 Å². The molecular weight excluding hydrogens is 310 g/mol. The summed E-state index contributed by atoms with van der Waals surface area (Å²) in [5, 5.41) is 11.7. The Morgan fingerprint density at radius 2 is 2.26 bits per heavy atom. The molecule has 120 valence electrons. The van der Waals surface area contributed by atoms with Gasteiger partial charge in [-0.25, -0.2) is 4.98 Å². The summed E-state index contributed by atoms with van der Waals surface area (Å²) in [7, 11) is 0. The number of thiophene rings is 1. The molecule has 3 rings (SSSR count). The highest BCUT2D eigenvalue weighted by Crippen LogP contribution is 2.19. The first kappa shape index (κ1) is 15.7. The Bertz CT molecular complexity index is 778. The van der Waals surface area contributed by atoms with E-state index in [2.05, 4.69) is 4.98 Å². The van der Waals surface area contributed by atoms with Crippen LogP contribution in [0.3, 0.4) is 0 Å². The molecule has 0 radical (unpaired) electrons. The lowest BCUT2D eigenvalue weighted by molar-refractivity contribution is 0.0559. The number of fused-ring (bicyclic) bond motifs is 1. The number of carbonyl (C=O) groups excluding carboxylic acids is 1. The lowest BCUT2D eigenvalue weighted by Crippen LogP contribution is -2.42. The number of carbonyl (C=O) groups is 1. The van der Waals surface area contributed by atoms with Crippen LogP contribution < -0.4 is 0 Å². The van der Waals surface area contributed by atoms with Gasteiger partial charge in [0.25, 0.3) is 5.91 Å². The molecule has 0 aliphatic rings. The maximum atomic E-state index is 13.1. The van der Waals surface area contributed by atoms with Crippen LogP contribution in [0.15, 0.2) is 48.1 Å². The van der Waals surface area contributed by atoms with Gasteiger partial charge in [0.05, 0.1) is 25.4 Å². The van der Waals surface area contributed by atoms with Crippen LogP contribution in [0, 0.1) is 0 Å². The van der Waals surface area contributed by atoms with E-state index in [1.165, 1.54) is 0 Å². The van der Waals surface area contributed by atoms with Gasteiger partial charge in [-0.05, 0) is 30.0 Å². The Morgan fingerprint density at radius 3 is 2.96 bits per heavy atom. The van der Waals surface area contributed by atoms with Crippen LogP contribution in [0.25, 0.3) is 5.65 Å². The highest BCUT2D eigenvalue weighted by Gasteiger charge is 2.26. The van der Waals surface area contributed by atoms with Crippen LogP contribution in [0.5, 0.6) is 0 Å². The van der Waals surface area contributed by atoms with Crippen molar-refractivity contribution in [2.75, 3.05) is 6.61 Å². The Morgan fingerprint density at radius 1 is 1.39 bits per heavy atom. The van der Waals surface area contributed by atoms with E-state index < -0.39 is 0 Å². The molecule has 0 aliphatic heterocycles. The summed E-state index contributed by atoms with van der Waals surface area (Å²) in [6.45, 7) is 2.42. The molecule has 3 aromatic heterocycles. The predicted molar refractivity (Wildman–Crippen MR) is 90.5 cm³/mol. The van der Waals surface area contributed by atoms with Crippen molar-refractivity contribution in [1.82, 2.24) is 14.3 Å². The van der Waals surface area contributed by atoms with Crippen LogP contribution in [0.4, 0.5) is 0 Å². The monoisotopic (exact) mass is 329 g/mol. The van der Waals surface area contributed by atoms with Crippen LogP contribution >= 0.6 is 11.3 Å². The van der Waals surface area contributed by atoms with Gasteiger partial charge in [-0.1, -0.05) is 19.1 Å². The van der Waals surface area contributed by atoms with Crippen molar-refractivity contribution in [3.8, 4) is 0 Å². The number of pyridine rings is 1. The van der Waals surface area contributed by atoms with Gasteiger partial charge in [0, 0.05) is 11.1 Å². The van der Waals surface area contributed by atoms with Crippen LogP contribution in [-0.4, -0.2) is 37.9 Å². The topological polar surface area (TPSA) is 57.8 Å². The second-order valence-electron chi connectivity index (χ2n) is 5.33. The third-order valence-electron chi connectivity index (χ3n) is 3.93. The summed E-state index contributed by atoms with van der Waals surface area (Å²) in [5.74, 6) is -0.113. The third kappa shape index (κ3) is 3.13. The molecule has 0 spiro atoms. The van der Waals surface area contributed by atoms with Gasteiger partial charge in [-0.15, -0.1) is 11.3 Å². The largest absolute Gasteiger partial charge is 0.394 e. The summed E-state index contributed by atoms with van der Waals surface area (Å²) >= 11 is 1.61. The van der Waals surface area contributed by atoms with Crippen molar-refractivity contribution in [3.05, 3.63) is 58.7 Å². The number of hydrogen-bond acceptors (Lipinski definition) is 4. The normalized spacial score (nSPS) is 12.4. The lowest BCUT2D eigenvalue weighted by Gasteiger charge is -2.29. The first-order valence-corrected chi connectivity index (χ1v) is 8.48. The number of aliphatic hydroxyl groups is 1. The molecule has 23 heavy (non-hydrogen) atoms. The van der Waals surface area contributed by atoms with Crippen molar-refractivity contribution in [1.29, 1.82) is 0 Å². The number of aliphatic hydroxyl groups excluding tert-OH is 1. The second-order valence-corrected chi connectivity index (χ2v) is 6.36. The summed E-state index contributed by atoms with van der Waals surface area (Å²) < 4.78 is 1.79. The zero-order valence-corrected chi connectivity index (χ0v) is 13.7. The minimum Gasteiger partial charge on any atom is -0.394 e. The van der Waals surface area contributed by atoms with Gasteiger partial charge in [-0.2, -0.15) is 0 Å². The number of hydrogen-bond donors (Lipinski definition) is 1. The molecule has 0 aliphatic carbocycles. The van der Waals surface area contributed by atoms with Crippen LogP contribution in [0.1, 0.15) is 28.7 Å². The fourth-order valence-electron chi connectivity index (χ4n) is 2.62. The van der Waals surface area contributed by atoms with E-state index >= 15 is 0 Å². The highest BCUT2D eigenvalue weighted by molar-refractivity contribution is 7.09. The molecule has 5 nitrogen and oxygen atoms in total. The fraction of sp³-hybridized carbons (Fsp3) is 0.294. The van der Waals surface area contributed by atoms with Gasteiger partial charge in [0.1, 0.15) is 11.3 Å². The average molecular weight is 329 g/mol. The summed E-state index contributed by atoms with van der Waals surface area (Å²) in [6, 6.07) is 9.39. The van der Waals surface area contributed by atoms with Gasteiger partial charge >= 0.3 is 0 Å². The maximum Gasteiger partial charge on any atom is 0.273 e.